The molecule has 0 radical (unpaired) electrons. The third-order valence-electron chi connectivity index (χ3n) is 5.62. The smallest absolute Gasteiger partial charge is 0.191 e. The summed E-state index contributed by atoms with van der Waals surface area (Å²) in [6.45, 7) is 11.6. The molecule has 0 saturated carbocycles. The maximum Gasteiger partial charge on any atom is 0.191 e. The van der Waals surface area contributed by atoms with E-state index in [1.54, 1.807) is 0 Å². The zero-order valence-electron chi connectivity index (χ0n) is 16.9. The second-order valence-corrected chi connectivity index (χ2v) is 7.42. The van der Waals surface area contributed by atoms with Gasteiger partial charge in [-0.1, -0.05) is 31.2 Å². The lowest BCUT2D eigenvalue weighted by atomic mass is 10.1. The molecule has 0 amide bonds. The van der Waals surface area contributed by atoms with Gasteiger partial charge in [0.15, 0.2) is 5.96 Å². The lowest BCUT2D eigenvalue weighted by Gasteiger charge is -2.34. The number of likely N-dealkylation sites (N-methyl/N-ethyl adjacent to an activating group) is 1. The van der Waals surface area contributed by atoms with Crippen molar-refractivity contribution < 1.29 is 4.74 Å². The highest BCUT2D eigenvalue weighted by molar-refractivity contribution is 5.79. The first-order valence-corrected chi connectivity index (χ1v) is 10.4. The first-order valence-electron chi connectivity index (χ1n) is 10.4. The third-order valence-corrected chi connectivity index (χ3v) is 5.62. The number of guanidine groups is 1. The number of hydrogen-bond acceptors (Lipinski definition) is 4. The molecule has 3 rings (SSSR count). The Labute approximate surface area is 164 Å². The highest BCUT2D eigenvalue weighted by Gasteiger charge is 2.17. The second-order valence-electron chi connectivity index (χ2n) is 7.42. The number of benzene rings is 1. The molecule has 150 valence electrons. The minimum Gasteiger partial charge on any atom is -0.376 e. The van der Waals surface area contributed by atoms with Gasteiger partial charge < -0.3 is 20.3 Å². The summed E-state index contributed by atoms with van der Waals surface area (Å²) in [5.74, 6) is 0.844. The van der Waals surface area contributed by atoms with Gasteiger partial charge in [-0.3, -0.25) is 9.89 Å². The Kier molecular flexibility index (Phi) is 7.93. The molecule has 0 aromatic heterocycles. The predicted molar refractivity (Wildman–Crippen MR) is 111 cm³/mol. The van der Waals surface area contributed by atoms with Crippen LogP contribution in [0.25, 0.3) is 0 Å². The zero-order valence-corrected chi connectivity index (χ0v) is 16.9. The number of nitrogens with zero attached hydrogens (tertiary/aromatic N) is 3. The number of hydrogen-bond donors (Lipinski definition) is 2. The lowest BCUT2D eigenvalue weighted by molar-refractivity contribution is 0.114. The monoisotopic (exact) mass is 373 g/mol. The number of piperazine rings is 1. The topological polar surface area (TPSA) is 52.1 Å². The van der Waals surface area contributed by atoms with Gasteiger partial charge in [0.2, 0.25) is 0 Å². The molecule has 1 aromatic carbocycles. The van der Waals surface area contributed by atoms with Gasteiger partial charge in [0.05, 0.1) is 6.10 Å². The van der Waals surface area contributed by atoms with Crippen LogP contribution in [-0.2, 0) is 17.8 Å². The van der Waals surface area contributed by atoms with Crippen molar-refractivity contribution in [3.05, 3.63) is 35.4 Å². The van der Waals surface area contributed by atoms with Crippen molar-refractivity contribution in [2.75, 3.05) is 52.9 Å². The summed E-state index contributed by atoms with van der Waals surface area (Å²) in [5.41, 5.74) is 2.75. The normalized spacial score (nSPS) is 22.1. The van der Waals surface area contributed by atoms with Crippen LogP contribution < -0.4 is 10.6 Å². The van der Waals surface area contributed by atoms with E-state index >= 15 is 0 Å². The zero-order chi connectivity index (χ0) is 18.9. The van der Waals surface area contributed by atoms with Gasteiger partial charge in [-0.05, 0) is 30.5 Å². The van der Waals surface area contributed by atoms with E-state index in [2.05, 4.69) is 56.6 Å². The molecular weight excluding hydrogens is 338 g/mol. The Morgan fingerprint density at radius 2 is 1.85 bits per heavy atom. The van der Waals surface area contributed by atoms with Crippen LogP contribution in [0.15, 0.2) is 29.3 Å². The van der Waals surface area contributed by atoms with Crippen LogP contribution in [0.3, 0.4) is 0 Å². The highest BCUT2D eigenvalue weighted by atomic mass is 16.5. The Hall–Kier alpha value is -1.63. The summed E-state index contributed by atoms with van der Waals surface area (Å²) in [6, 6.07) is 8.74. The minimum atomic E-state index is 0.317. The van der Waals surface area contributed by atoms with Crippen molar-refractivity contribution in [2.24, 2.45) is 4.99 Å². The quantitative estimate of drug-likeness (QED) is 0.562. The maximum absolute atomic E-state index is 5.68. The molecule has 2 aliphatic rings. The summed E-state index contributed by atoms with van der Waals surface area (Å²) >= 11 is 0. The van der Waals surface area contributed by atoms with E-state index in [4.69, 9.17) is 4.74 Å². The molecule has 1 aromatic rings. The van der Waals surface area contributed by atoms with Crippen LogP contribution in [0, 0.1) is 0 Å². The number of rotatable bonds is 7. The number of aliphatic imine (C=N–C) groups is 1. The van der Waals surface area contributed by atoms with Crippen molar-refractivity contribution >= 4 is 5.96 Å². The van der Waals surface area contributed by atoms with Crippen molar-refractivity contribution in [3.8, 4) is 0 Å². The van der Waals surface area contributed by atoms with Crippen LogP contribution in [0.5, 0.6) is 0 Å². The fraction of sp³-hybridized carbons (Fsp3) is 0.667. The molecule has 0 aliphatic carbocycles. The van der Waals surface area contributed by atoms with E-state index in [9.17, 15) is 0 Å². The van der Waals surface area contributed by atoms with Gasteiger partial charge >= 0.3 is 0 Å². The Balaban J connectivity index is 1.49. The van der Waals surface area contributed by atoms with E-state index in [0.29, 0.717) is 6.10 Å². The first kappa shape index (κ1) is 20.1. The summed E-state index contributed by atoms with van der Waals surface area (Å²) in [4.78, 5) is 9.44. The molecule has 27 heavy (non-hydrogen) atoms. The molecule has 2 N–H and O–H groups in total. The van der Waals surface area contributed by atoms with E-state index < -0.39 is 0 Å². The molecule has 1 atom stereocenters. The maximum atomic E-state index is 5.68. The number of nitrogens with one attached hydrogen (secondary N) is 2. The molecule has 6 heteroatoms. The Bertz CT molecular complexity index is 592. The average molecular weight is 374 g/mol. The van der Waals surface area contributed by atoms with Crippen LogP contribution >= 0.6 is 0 Å². The van der Waals surface area contributed by atoms with E-state index in [-0.39, 0.29) is 0 Å². The standard InChI is InChI=1S/C21H35N5O/c1-3-25-10-12-26(13-11-25)17-19-8-5-4-7-18(19)15-23-21(22-2)24-16-20-9-6-14-27-20/h4-5,7-8,20H,3,6,9-17H2,1-2H3,(H2,22,23,24). The van der Waals surface area contributed by atoms with Crippen LogP contribution in [0.4, 0.5) is 0 Å². The second kappa shape index (κ2) is 10.6. The lowest BCUT2D eigenvalue weighted by Crippen LogP contribution is -2.45. The predicted octanol–water partition coefficient (Wildman–Crippen LogP) is 1.67. The van der Waals surface area contributed by atoms with Crippen LogP contribution in [-0.4, -0.2) is 74.8 Å². The van der Waals surface area contributed by atoms with Gasteiger partial charge in [0.25, 0.3) is 0 Å². The van der Waals surface area contributed by atoms with Crippen LogP contribution in [0.2, 0.25) is 0 Å². The first-order chi connectivity index (χ1) is 13.3. The average Bonchev–Trinajstić information content (AvgIpc) is 3.23. The molecule has 1 unspecified atom stereocenters. The molecule has 0 spiro atoms. The SMILES string of the molecule is CCN1CCN(Cc2ccccc2CNC(=NC)NCC2CCCO2)CC1. The summed E-state index contributed by atoms with van der Waals surface area (Å²) in [5, 5.41) is 6.85. The van der Waals surface area contributed by atoms with Crippen LogP contribution in [0.1, 0.15) is 30.9 Å². The Morgan fingerprint density at radius 1 is 1.11 bits per heavy atom. The molecular formula is C21H35N5O. The molecule has 2 aliphatic heterocycles. The fourth-order valence-electron chi connectivity index (χ4n) is 3.80. The third kappa shape index (κ3) is 6.19. The van der Waals surface area contributed by atoms with Gasteiger partial charge in [0.1, 0.15) is 0 Å². The molecule has 0 bridgehead atoms. The Morgan fingerprint density at radius 3 is 2.52 bits per heavy atom. The summed E-state index contributed by atoms with van der Waals surface area (Å²) in [7, 11) is 1.82. The number of ether oxygens (including phenoxy) is 1. The van der Waals surface area contributed by atoms with Crippen molar-refractivity contribution in [2.45, 2.75) is 39.0 Å². The van der Waals surface area contributed by atoms with Crippen molar-refractivity contribution in [1.82, 2.24) is 20.4 Å². The molecule has 2 heterocycles. The summed E-state index contributed by atoms with van der Waals surface area (Å²) in [6.07, 6.45) is 2.62. The molecule has 6 nitrogen and oxygen atoms in total. The van der Waals surface area contributed by atoms with Gasteiger partial charge in [-0.25, -0.2) is 0 Å². The molecule has 2 saturated heterocycles. The van der Waals surface area contributed by atoms with E-state index in [1.807, 2.05) is 7.05 Å². The van der Waals surface area contributed by atoms with Gasteiger partial charge in [0, 0.05) is 59.5 Å². The van der Waals surface area contributed by atoms with Crippen molar-refractivity contribution in [1.29, 1.82) is 0 Å². The molecule has 2 fully saturated rings. The van der Waals surface area contributed by atoms with Crippen molar-refractivity contribution in [3.63, 3.8) is 0 Å². The minimum absolute atomic E-state index is 0.317. The fourth-order valence-corrected chi connectivity index (χ4v) is 3.80. The largest absolute Gasteiger partial charge is 0.376 e. The highest BCUT2D eigenvalue weighted by Crippen LogP contribution is 2.14. The van der Waals surface area contributed by atoms with E-state index in [0.717, 1.165) is 64.7 Å². The van der Waals surface area contributed by atoms with E-state index in [1.165, 1.54) is 24.2 Å². The summed E-state index contributed by atoms with van der Waals surface area (Å²) < 4.78 is 5.68. The van der Waals surface area contributed by atoms with Gasteiger partial charge in [-0.2, -0.15) is 0 Å². The van der Waals surface area contributed by atoms with Gasteiger partial charge in [-0.15, -0.1) is 0 Å².